The van der Waals surface area contributed by atoms with E-state index in [0.29, 0.717) is 36.0 Å². The Bertz CT molecular complexity index is 763. The Labute approximate surface area is 138 Å². The van der Waals surface area contributed by atoms with Crippen LogP contribution < -0.4 is 14.4 Å². The van der Waals surface area contributed by atoms with Crippen LogP contribution in [0.5, 0.6) is 11.5 Å². The van der Waals surface area contributed by atoms with Crippen molar-refractivity contribution in [1.82, 2.24) is 4.98 Å². The van der Waals surface area contributed by atoms with E-state index in [0.717, 1.165) is 5.56 Å². The Kier molecular flexibility index (Phi) is 4.22. The molecule has 0 unspecified atom stereocenters. The molecule has 24 heavy (non-hydrogen) atoms. The first kappa shape index (κ1) is 16.0. The SMILES string of the molecule is COc1ccc(OC)c2c1CN(c1ccc([N+](=O)[O-])cn1)C[C@H]2O. The van der Waals surface area contributed by atoms with Crippen molar-refractivity contribution in [2.45, 2.75) is 12.6 Å². The van der Waals surface area contributed by atoms with Crippen LogP contribution in [0.1, 0.15) is 17.2 Å². The van der Waals surface area contributed by atoms with Gasteiger partial charge < -0.3 is 19.5 Å². The fourth-order valence-corrected chi connectivity index (χ4v) is 2.92. The molecule has 1 N–H and O–H groups in total. The van der Waals surface area contributed by atoms with Gasteiger partial charge in [-0.25, -0.2) is 4.98 Å². The van der Waals surface area contributed by atoms with E-state index in [9.17, 15) is 15.2 Å². The summed E-state index contributed by atoms with van der Waals surface area (Å²) in [6, 6.07) is 6.52. The lowest BCUT2D eigenvalue weighted by Gasteiger charge is -2.34. The molecule has 126 valence electrons. The molecule has 3 rings (SSSR count). The molecule has 0 saturated heterocycles. The van der Waals surface area contributed by atoms with Crippen LogP contribution in [0, 0.1) is 10.1 Å². The molecule has 0 bridgehead atoms. The van der Waals surface area contributed by atoms with Crippen LogP contribution in [0.25, 0.3) is 0 Å². The van der Waals surface area contributed by atoms with Gasteiger partial charge >= 0.3 is 0 Å². The molecule has 0 saturated carbocycles. The third-order valence-corrected chi connectivity index (χ3v) is 4.06. The molecule has 1 aromatic carbocycles. The standard InChI is InChI=1S/C16H17N3O5/c1-23-13-4-5-14(24-2)16-11(13)8-18(9-12(16)20)15-6-3-10(7-17-15)19(21)22/h3-7,12,20H,8-9H2,1-2H3/t12-/m1/s1. The van der Waals surface area contributed by atoms with Crippen LogP contribution in [-0.4, -0.2) is 35.8 Å². The number of hydrogen-bond acceptors (Lipinski definition) is 7. The molecule has 1 aliphatic heterocycles. The van der Waals surface area contributed by atoms with Gasteiger partial charge in [-0.15, -0.1) is 0 Å². The van der Waals surface area contributed by atoms with Gasteiger partial charge in [0.25, 0.3) is 5.69 Å². The van der Waals surface area contributed by atoms with Crippen molar-refractivity contribution in [2.75, 3.05) is 25.7 Å². The summed E-state index contributed by atoms with van der Waals surface area (Å²) in [7, 11) is 3.12. The summed E-state index contributed by atoms with van der Waals surface area (Å²) in [4.78, 5) is 16.2. The molecule has 1 atom stereocenters. The topological polar surface area (TPSA) is 98.0 Å². The predicted octanol–water partition coefficient (Wildman–Crippen LogP) is 2.06. The number of hydrogen-bond donors (Lipinski definition) is 1. The highest BCUT2D eigenvalue weighted by molar-refractivity contribution is 5.56. The normalized spacial score (nSPS) is 16.5. The van der Waals surface area contributed by atoms with E-state index in [1.54, 1.807) is 32.4 Å². The quantitative estimate of drug-likeness (QED) is 0.676. The number of aromatic nitrogens is 1. The molecule has 1 aromatic heterocycles. The van der Waals surface area contributed by atoms with Crippen molar-refractivity contribution < 1.29 is 19.5 Å². The first-order valence-corrected chi connectivity index (χ1v) is 7.32. The molecule has 0 aliphatic carbocycles. The van der Waals surface area contributed by atoms with Gasteiger partial charge in [0.1, 0.15) is 29.6 Å². The molecule has 0 radical (unpaired) electrons. The number of benzene rings is 1. The number of pyridine rings is 1. The summed E-state index contributed by atoms with van der Waals surface area (Å²) in [6.45, 7) is 0.763. The summed E-state index contributed by atoms with van der Waals surface area (Å²) >= 11 is 0. The molecule has 0 fully saturated rings. The van der Waals surface area contributed by atoms with Crippen molar-refractivity contribution in [1.29, 1.82) is 0 Å². The zero-order valence-corrected chi connectivity index (χ0v) is 13.3. The van der Waals surface area contributed by atoms with E-state index in [-0.39, 0.29) is 5.69 Å². The van der Waals surface area contributed by atoms with Gasteiger partial charge in [0.05, 0.1) is 25.7 Å². The van der Waals surface area contributed by atoms with E-state index >= 15 is 0 Å². The zero-order valence-electron chi connectivity index (χ0n) is 13.3. The third-order valence-electron chi connectivity index (χ3n) is 4.06. The maximum absolute atomic E-state index is 10.7. The first-order valence-electron chi connectivity index (χ1n) is 7.32. The monoisotopic (exact) mass is 331 g/mol. The largest absolute Gasteiger partial charge is 0.496 e. The molecule has 2 aromatic rings. The predicted molar refractivity (Wildman–Crippen MR) is 86.4 cm³/mol. The Hall–Kier alpha value is -2.87. The van der Waals surface area contributed by atoms with Crippen molar-refractivity contribution >= 4 is 11.5 Å². The Morgan fingerprint density at radius 2 is 1.96 bits per heavy atom. The van der Waals surface area contributed by atoms with Crippen LogP contribution in [-0.2, 0) is 6.54 Å². The van der Waals surface area contributed by atoms with Gasteiger partial charge in [-0.05, 0) is 18.2 Å². The van der Waals surface area contributed by atoms with Crippen LogP contribution >= 0.6 is 0 Å². The van der Waals surface area contributed by atoms with E-state index in [2.05, 4.69) is 4.98 Å². The van der Waals surface area contributed by atoms with E-state index in [4.69, 9.17) is 9.47 Å². The number of aliphatic hydroxyl groups is 1. The number of ether oxygens (including phenoxy) is 2. The summed E-state index contributed by atoms with van der Waals surface area (Å²) < 4.78 is 10.7. The third kappa shape index (κ3) is 2.71. The van der Waals surface area contributed by atoms with Crippen LogP contribution in [0.3, 0.4) is 0 Å². The maximum atomic E-state index is 10.7. The van der Waals surface area contributed by atoms with Gasteiger partial charge in [-0.1, -0.05) is 0 Å². The summed E-state index contributed by atoms with van der Waals surface area (Å²) in [6.07, 6.45) is 0.427. The highest BCUT2D eigenvalue weighted by atomic mass is 16.6. The molecule has 8 heteroatoms. The number of nitrogens with zero attached hydrogens (tertiary/aromatic N) is 3. The minimum atomic E-state index is -0.782. The number of β-amino-alcohol motifs (C(OH)–C–C–N with tert-alkyl or cyclic N) is 1. The molecular formula is C16H17N3O5. The molecule has 0 amide bonds. The maximum Gasteiger partial charge on any atom is 0.287 e. The number of fused-ring (bicyclic) bond motifs is 1. The van der Waals surface area contributed by atoms with Crippen LogP contribution in [0.15, 0.2) is 30.5 Å². The summed E-state index contributed by atoms with van der Waals surface area (Å²) in [5.74, 6) is 1.81. The fourth-order valence-electron chi connectivity index (χ4n) is 2.92. The number of anilines is 1. The molecule has 1 aliphatic rings. The first-order chi connectivity index (χ1) is 11.5. The van der Waals surface area contributed by atoms with Crippen molar-refractivity contribution in [3.05, 3.63) is 51.7 Å². The number of rotatable bonds is 4. The van der Waals surface area contributed by atoms with Crippen molar-refractivity contribution in [3.8, 4) is 11.5 Å². The number of aliphatic hydroxyl groups excluding tert-OH is 1. The van der Waals surface area contributed by atoms with Gasteiger partial charge in [0.15, 0.2) is 0 Å². The minimum absolute atomic E-state index is 0.0732. The second kappa shape index (κ2) is 6.32. The highest BCUT2D eigenvalue weighted by Gasteiger charge is 2.30. The zero-order chi connectivity index (χ0) is 17.3. The Balaban J connectivity index is 1.98. The summed E-state index contributed by atoms with van der Waals surface area (Å²) in [5.41, 5.74) is 1.45. The average Bonchev–Trinajstić information content (AvgIpc) is 2.60. The van der Waals surface area contributed by atoms with Crippen molar-refractivity contribution in [2.24, 2.45) is 0 Å². The van der Waals surface area contributed by atoms with E-state index in [1.807, 2.05) is 4.90 Å². The average molecular weight is 331 g/mol. The summed E-state index contributed by atoms with van der Waals surface area (Å²) in [5, 5.41) is 21.3. The second-order valence-corrected chi connectivity index (χ2v) is 5.39. The minimum Gasteiger partial charge on any atom is -0.496 e. The lowest BCUT2D eigenvalue weighted by Crippen LogP contribution is -2.34. The van der Waals surface area contributed by atoms with Gasteiger partial charge in [0.2, 0.25) is 0 Å². The van der Waals surface area contributed by atoms with Crippen LogP contribution in [0.4, 0.5) is 11.5 Å². The van der Waals surface area contributed by atoms with Gasteiger partial charge in [-0.3, -0.25) is 10.1 Å². The second-order valence-electron chi connectivity index (χ2n) is 5.39. The van der Waals surface area contributed by atoms with Crippen molar-refractivity contribution in [3.63, 3.8) is 0 Å². The van der Waals surface area contributed by atoms with E-state index < -0.39 is 11.0 Å². The molecule has 8 nitrogen and oxygen atoms in total. The molecular weight excluding hydrogens is 314 g/mol. The van der Waals surface area contributed by atoms with Gasteiger partial charge in [-0.2, -0.15) is 0 Å². The van der Waals surface area contributed by atoms with Crippen LogP contribution in [0.2, 0.25) is 0 Å². The number of methoxy groups -OCH3 is 2. The van der Waals surface area contributed by atoms with Gasteiger partial charge in [0, 0.05) is 23.7 Å². The number of nitro groups is 1. The fraction of sp³-hybridized carbons (Fsp3) is 0.312. The van der Waals surface area contributed by atoms with E-state index in [1.165, 1.54) is 12.3 Å². The Morgan fingerprint density at radius 3 is 2.54 bits per heavy atom. The molecule has 0 spiro atoms. The Morgan fingerprint density at radius 1 is 1.25 bits per heavy atom. The lowest BCUT2D eigenvalue weighted by atomic mass is 9.95. The molecule has 2 heterocycles. The highest BCUT2D eigenvalue weighted by Crippen LogP contribution is 2.40. The lowest BCUT2D eigenvalue weighted by molar-refractivity contribution is -0.385. The smallest absolute Gasteiger partial charge is 0.287 e.